The molecule has 0 bridgehead atoms. The Balaban J connectivity index is 1.95. The zero-order valence-electron chi connectivity index (χ0n) is 12.4. The van der Waals surface area contributed by atoms with Crippen LogP contribution < -0.4 is 4.74 Å². The van der Waals surface area contributed by atoms with Crippen LogP contribution in [0.15, 0.2) is 54.6 Å². The molecule has 0 aliphatic heterocycles. The van der Waals surface area contributed by atoms with Crippen LogP contribution in [-0.2, 0) is 0 Å². The number of hydrogen-bond donors (Lipinski definition) is 0. The predicted molar refractivity (Wildman–Crippen MR) is 88.5 cm³/mol. The first-order valence-electron chi connectivity index (χ1n) is 6.97. The number of ether oxygens (including phenoxy) is 1. The number of aromatic nitrogens is 2. The van der Waals surface area contributed by atoms with Gasteiger partial charge in [-0.15, -0.1) is 0 Å². The molecule has 0 aliphatic rings. The Bertz CT molecular complexity index is 763. The van der Waals surface area contributed by atoms with E-state index < -0.39 is 0 Å². The quantitative estimate of drug-likeness (QED) is 0.623. The molecule has 4 heteroatoms. The van der Waals surface area contributed by atoms with E-state index in [1.54, 1.807) is 0 Å². The first-order valence-corrected chi connectivity index (χ1v) is 7.35. The lowest BCUT2D eigenvalue weighted by atomic mass is 10.2. The Morgan fingerprint density at radius 2 is 1.55 bits per heavy atom. The Kier molecular flexibility index (Phi) is 4.07. The predicted octanol–water partition coefficient (Wildman–Crippen LogP) is 5.21. The van der Waals surface area contributed by atoms with Gasteiger partial charge in [0.25, 0.3) is 0 Å². The average Bonchev–Trinajstić information content (AvgIpc) is 2.53. The molecular formula is C18H15ClN2O. The van der Waals surface area contributed by atoms with Crippen LogP contribution in [0.3, 0.4) is 0 Å². The molecule has 0 saturated carbocycles. The Morgan fingerprint density at radius 3 is 2.18 bits per heavy atom. The van der Waals surface area contributed by atoms with Crippen LogP contribution in [0.1, 0.15) is 11.3 Å². The zero-order valence-corrected chi connectivity index (χ0v) is 13.1. The van der Waals surface area contributed by atoms with Crippen LogP contribution in [0.2, 0.25) is 5.15 Å². The van der Waals surface area contributed by atoms with Crippen LogP contribution in [0.5, 0.6) is 11.5 Å². The molecule has 0 atom stereocenters. The smallest absolute Gasteiger partial charge is 0.185 e. The van der Waals surface area contributed by atoms with E-state index in [2.05, 4.69) is 9.97 Å². The highest BCUT2D eigenvalue weighted by Gasteiger charge is 2.13. The van der Waals surface area contributed by atoms with Crippen LogP contribution >= 0.6 is 11.6 Å². The summed E-state index contributed by atoms with van der Waals surface area (Å²) < 4.78 is 5.83. The number of aryl methyl sites for hydroxylation is 2. The summed E-state index contributed by atoms with van der Waals surface area (Å²) in [7, 11) is 0. The van der Waals surface area contributed by atoms with Crippen LogP contribution in [0.25, 0.3) is 11.4 Å². The van der Waals surface area contributed by atoms with E-state index in [9.17, 15) is 0 Å². The minimum Gasteiger partial charge on any atom is -0.452 e. The van der Waals surface area contributed by atoms with Gasteiger partial charge in [-0.05, 0) is 26.0 Å². The molecule has 0 saturated heterocycles. The maximum atomic E-state index is 6.29. The van der Waals surface area contributed by atoms with Gasteiger partial charge in [-0.2, -0.15) is 0 Å². The third kappa shape index (κ3) is 3.10. The summed E-state index contributed by atoms with van der Waals surface area (Å²) in [6, 6.07) is 17.5. The molecule has 0 unspecified atom stereocenters. The molecule has 2 aromatic carbocycles. The van der Waals surface area contributed by atoms with Crippen molar-refractivity contribution in [3.63, 3.8) is 0 Å². The zero-order chi connectivity index (χ0) is 15.5. The highest BCUT2D eigenvalue weighted by Crippen LogP contribution is 2.32. The molecule has 3 rings (SSSR count). The third-order valence-corrected chi connectivity index (χ3v) is 3.52. The molecule has 0 amide bonds. The van der Waals surface area contributed by atoms with E-state index in [1.165, 1.54) is 5.56 Å². The Hall–Kier alpha value is -2.39. The second-order valence-corrected chi connectivity index (χ2v) is 5.39. The highest BCUT2D eigenvalue weighted by molar-refractivity contribution is 6.31. The van der Waals surface area contributed by atoms with Crippen molar-refractivity contribution in [3.8, 4) is 22.9 Å². The third-order valence-electron chi connectivity index (χ3n) is 3.27. The van der Waals surface area contributed by atoms with Gasteiger partial charge in [0.2, 0.25) is 0 Å². The summed E-state index contributed by atoms with van der Waals surface area (Å²) in [5.41, 5.74) is 2.81. The Morgan fingerprint density at radius 1 is 0.864 bits per heavy atom. The van der Waals surface area contributed by atoms with Crippen molar-refractivity contribution in [3.05, 3.63) is 71.0 Å². The molecule has 0 N–H and O–H groups in total. The summed E-state index contributed by atoms with van der Waals surface area (Å²) in [6.07, 6.45) is 0. The van der Waals surface area contributed by atoms with E-state index in [0.29, 0.717) is 28.2 Å². The van der Waals surface area contributed by atoms with Crippen LogP contribution in [0.4, 0.5) is 0 Å². The lowest BCUT2D eigenvalue weighted by molar-refractivity contribution is 0.473. The van der Waals surface area contributed by atoms with Gasteiger partial charge >= 0.3 is 0 Å². The lowest BCUT2D eigenvalue weighted by Gasteiger charge is -2.11. The van der Waals surface area contributed by atoms with E-state index in [1.807, 2.05) is 68.4 Å². The minimum absolute atomic E-state index is 0.312. The summed E-state index contributed by atoms with van der Waals surface area (Å²) >= 11 is 6.29. The van der Waals surface area contributed by atoms with Gasteiger partial charge in [0.05, 0.1) is 5.69 Å². The molecular weight excluding hydrogens is 296 g/mol. The second-order valence-electron chi connectivity index (χ2n) is 5.03. The monoisotopic (exact) mass is 310 g/mol. The van der Waals surface area contributed by atoms with Crippen molar-refractivity contribution >= 4 is 11.6 Å². The summed E-state index contributed by atoms with van der Waals surface area (Å²) in [5, 5.41) is 0.312. The fourth-order valence-corrected chi connectivity index (χ4v) is 2.34. The summed E-state index contributed by atoms with van der Waals surface area (Å²) in [6.45, 7) is 3.89. The second kappa shape index (κ2) is 6.16. The van der Waals surface area contributed by atoms with Crippen molar-refractivity contribution in [2.24, 2.45) is 0 Å². The van der Waals surface area contributed by atoms with E-state index >= 15 is 0 Å². The summed E-state index contributed by atoms with van der Waals surface area (Å²) in [5.74, 6) is 1.80. The van der Waals surface area contributed by atoms with Crippen molar-refractivity contribution < 1.29 is 4.74 Å². The van der Waals surface area contributed by atoms with Gasteiger partial charge in [0.15, 0.2) is 16.7 Å². The number of benzene rings is 2. The molecule has 0 fully saturated rings. The Labute approximate surface area is 134 Å². The average molecular weight is 311 g/mol. The summed E-state index contributed by atoms with van der Waals surface area (Å²) in [4.78, 5) is 8.84. The van der Waals surface area contributed by atoms with Gasteiger partial charge in [-0.1, -0.05) is 59.6 Å². The van der Waals surface area contributed by atoms with Gasteiger partial charge in [-0.3, -0.25) is 0 Å². The minimum atomic E-state index is 0.312. The molecule has 22 heavy (non-hydrogen) atoms. The first-order chi connectivity index (χ1) is 10.6. The van der Waals surface area contributed by atoms with E-state index in [-0.39, 0.29) is 0 Å². The largest absolute Gasteiger partial charge is 0.452 e. The maximum absolute atomic E-state index is 6.29. The van der Waals surface area contributed by atoms with Crippen molar-refractivity contribution in [1.29, 1.82) is 0 Å². The molecule has 110 valence electrons. The topological polar surface area (TPSA) is 35.0 Å². The molecule has 3 aromatic rings. The lowest BCUT2D eigenvalue weighted by Crippen LogP contribution is -1.98. The molecule has 1 aromatic heterocycles. The molecule has 0 radical (unpaired) electrons. The standard InChI is InChI=1S/C18H15ClN2O/c1-12-8-10-15(11-9-12)22-16-13(2)20-18(21-17(16)19)14-6-4-3-5-7-14/h3-11H,1-2H3. The fraction of sp³-hybridized carbons (Fsp3) is 0.111. The molecule has 3 nitrogen and oxygen atoms in total. The SMILES string of the molecule is Cc1ccc(Oc2c(C)nc(-c3ccccc3)nc2Cl)cc1. The van der Waals surface area contributed by atoms with Crippen molar-refractivity contribution in [2.75, 3.05) is 0 Å². The number of halogens is 1. The van der Waals surface area contributed by atoms with E-state index in [4.69, 9.17) is 16.3 Å². The van der Waals surface area contributed by atoms with Crippen molar-refractivity contribution in [1.82, 2.24) is 9.97 Å². The first kappa shape index (κ1) is 14.5. The van der Waals surface area contributed by atoms with Crippen LogP contribution in [-0.4, -0.2) is 9.97 Å². The molecule has 0 spiro atoms. The highest BCUT2D eigenvalue weighted by atomic mass is 35.5. The van der Waals surface area contributed by atoms with E-state index in [0.717, 1.165) is 5.56 Å². The number of nitrogens with zero attached hydrogens (tertiary/aromatic N) is 2. The molecule has 1 heterocycles. The number of hydrogen-bond acceptors (Lipinski definition) is 3. The normalized spacial score (nSPS) is 10.5. The molecule has 0 aliphatic carbocycles. The van der Waals surface area contributed by atoms with Crippen LogP contribution in [0, 0.1) is 13.8 Å². The number of rotatable bonds is 3. The fourth-order valence-electron chi connectivity index (χ4n) is 2.08. The van der Waals surface area contributed by atoms with Gasteiger partial charge < -0.3 is 4.74 Å². The van der Waals surface area contributed by atoms with Crippen molar-refractivity contribution in [2.45, 2.75) is 13.8 Å². The van der Waals surface area contributed by atoms with Gasteiger partial charge in [0, 0.05) is 5.56 Å². The maximum Gasteiger partial charge on any atom is 0.185 e. The van der Waals surface area contributed by atoms with Gasteiger partial charge in [0.1, 0.15) is 5.75 Å². The van der Waals surface area contributed by atoms with Gasteiger partial charge in [-0.25, -0.2) is 9.97 Å².